The summed E-state index contributed by atoms with van der Waals surface area (Å²) in [7, 11) is 0. The second-order valence-electron chi connectivity index (χ2n) is 6.43. The summed E-state index contributed by atoms with van der Waals surface area (Å²) in [5.74, 6) is 0.779. The van der Waals surface area contributed by atoms with Crippen LogP contribution in [0.25, 0.3) is 0 Å². The van der Waals surface area contributed by atoms with E-state index in [1.54, 1.807) is 0 Å². The fourth-order valence-electron chi connectivity index (χ4n) is 3.25. The molecule has 1 aliphatic heterocycles. The highest BCUT2D eigenvalue weighted by atomic mass is 15.2. The van der Waals surface area contributed by atoms with Crippen molar-refractivity contribution in [3.8, 4) is 0 Å². The van der Waals surface area contributed by atoms with Crippen LogP contribution in [0.15, 0.2) is 0 Å². The van der Waals surface area contributed by atoms with Crippen LogP contribution >= 0.6 is 0 Å². The Morgan fingerprint density at radius 1 is 1.12 bits per heavy atom. The van der Waals surface area contributed by atoms with Crippen molar-refractivity contribution in [1.82, 2.24) is 4.90 Å². The third kappa shape index (κ3) is 4.26. The third-order valence-corrected chi connectivity index (χ3v) is 4.68. The second-order valence-corrected chi connectivity index (χ2v) is 6.43. The predicted octanol–water partition coefficient (Wildman–Crippen LogP) is 3.26. The second kappa shape index (κ2) is 6.75. The molecule has 2 nitrogen and oxygen atoms in total. The van der Waals surface area contributed by atoms with Gasteiger partial charge in [0.15, 0.2) is 0 Å². The average Bonchev–Trinajstić information content (AvgIpc) is 2.47. The minimum absolute atomic E-state index is 0.530. The first-order valence-electron chi connectivity index (χ1n) is 7.48. The highest BCUT2D eigenvalue weighted by Gasteiger charge is 2.29. The molecule has 2 N–H and O–H groups in total. The molecule has 0 aromatic heterocycles. The first-order valence-corrected chi connectivity index (χ1v) is 7.48. The molecule has 1 atom stereocenters. The largest absolute Gasteiger partial charge is 0.329 e. The molecule has 17 heavy (non-hydrogen) atoms. The number of hydrogen-bond donors (Lipinski definition) is 1. The van der Waals surface area contributed by atoms with Crippen molar-refractivity contribution in [2.24, 2.45) is 17.1 Å². The van der Waals surface area contributed by atoms with Crippen molar-refractivity contribution >= 4 is 0 Å². The maximum Gasteiger partial charge on any atom is 0.0246 e. The van der Waals surface area contributed by atoms with E-state index in [0.717, 1.165) is 12.5 Å². The van der Waals surface area contributed by atoms with Gasteiger partial charge in [-0.1, -0.05) is 40.5 Å². The first kappa shape index (κ1) is 15.0. The minimum Gasteiger partial charge on any atom is -0.329 e. The van der Waals surface area contributed by atoms with Gasteiger partial charge in [-0.25, -0.2) is 0 Å². The third-order valence-electron chi connectivity index (χ3n) is 4.68. The molecule has 0 amide bonds. The van der Waals surface area contributed by atoms with Crippen LogP contribution in [-0.4, -0.2) is 30.6 Å². The summed E-state index contributed by atoms with van der Waals surface area (Å²) in [6.45, 7) is 12.7. The van der Waals surface area contributed by atoms with Gasteiger partial charge in [-0.3, -0.25) is 4.90 Å². The van der Waals surface area contributed by atoms with E-state index in [1.807, 2.05) is 0 Å². The van der Waals surface area contributed by atoms with Gasteiger partial charge in [-0.05, 0) is 43.7 Å². The van der Waals surface area contributed by atoms with E-state index in [1.165, 1.54) is 45.2 Å². The molecule has 1 rings (SSSR count). The van der Waals surface area contributed by atoms with Crippen LogP contribution in [0.5, 0.6) is 0 Å². The van der Waals surface area contributed by atoms with Crippen molar-refractivity contribution < 1.29 is 0 Å². The Bertz CT molecular complexity index is 209. The van der Waals surface area contributed by atoms with Gasteiger partial charge in [0.1, 0.15) is 0 Å². The number of rotatable bonds is 5. The van der Waals surface area contributed by atoms with Gasteiger partial charge in [0, 0.05) is 12.6 Å². The van der Waals surface area contributed by atoms with Gasteiger partial charge in [0.2, 0.25) is 0 Å². The van der Waals surface area contributed by atoms with Crippen LogP contribution in [0.3, 0.4) is 0 Å². The molecule has 102 valence electrons. The van der Waals surface area contributed by atoms with Crippen LogP contribution in [0.1, 0.15) is 59.8 Å². The van der Waals surface area contributed by atoms with Crippen LogP contribution in [-0.2, 0) is 0 Å². The summed E-state index contributed by atoms with van der Waals surface area (Å²) < 4.78 is 0. The van der Waals surface area contributed by atoms with Crippen molar-refractivity contribution in [3.63, 3.8) is 0 Å². The molecule has 1 fully saturated rings. The lowest BCUT2D eigenvalue weighted by molar-refractivity contribution is 0.139. The van der Waals surface area contributed by atoms with Crippen LogP contribution < -0.4 is 5.73 Å². The standard InChI is InChI=1S/C15H32N2/c1-5-13(6-2)14(12-16)17-10-7-8-15(3,4)9-11-17/h13-14H,5-12,16H2,1-4H3. The van der Waals surface area contributed by atoms with E-state index in [0.29, 0.717) is 11.5 Å². The molecular formula is C15H32N2. The zero-order chi connectivity index (χ0) is 12.9. The molecule has 0 bridgehead atoms. The molecule has 0 spiro atoms. The van der Waals surface area contributed by atoms with Crippen molar-refractivity contribution in [2.75, 3.05) is 19.6 Å². The monoisotopic (exact) mass is 240 g/mol. The number of nitrogens with two attached hydrogens (primary N) is 1. The Labute approximate surface area is 108 Å². The number of likely N-dealkylation sites (tertiary alicyclic amines) is 1. The minimum atomic E-state index is 0.530. The lowest BCUT2D eigenvalue weighted by Crippen LogP contribution is -2.46. The molecule has 1 aliphatic rings. The average molecular weight is 240 g/mol. The molecule has 0 saturated carbocycles. The van der Waals surface area contributed by atoms with E-state index >= 15 is 0 Å². The molecule has 0 aromatic carbocycles. The molecule has 1 unspecified atom stereocenters. The molecule has 0 aliphatic carbocycles. The lowest BCUT2D eigenvalue weighted by atomic mass is 9.85. The SMILES string of the molecule is CCC(CC)C(CN)N1CCCC(C)(C)CC1. The zero-order valence-corrected chi connectivity index (χ0v) is 12.3. The van der Waals surface area contributed by atoms with Gasteiger partial charge in [0.05, 0.1) is 0 Å². The fourth-order valence-corrected chi connectivity index (χ4v) is 3.25. The van der Waals surface area contributed by atoms with Crippen molar-refractivity contribution in [1.29, 1.82) is 0 Å². The molecule has 1 saturated heterocycles. The van der Waals surface area contributed by atoms with E-state index in [-0.39, 0.29) is 0 Å². The molecule has 2 heteroatoms. The van der Waals surface area contributed by atoms with Gasteiger partial charge in [-0.2, -0.15) is 0 Å². The Hall–Kier alpha value is -0.0800. The highest BCUT2D eigenvalue weighted by Crippen LogP contribution is 2.31. The topological polar surface area (TPSA) is 29.3 Å². The Morgan fingerprint density at radius 2 is 1.76 bits per heavy atom. The lowest BCUT2D eigenvalue weighted by Gasteiger charge is -2.35. The van der Waals surface area contributed by atoms with Crippen LogP contribution in [0, 0.1) is 11.3 Å². The summed E-state index contributed by atoms with van der Waals surface area (Å²) in [4.78, 5) is 2.67. The molecule has 1 heterocycles. The molecular weight excluding hydrogens is 208 g/mol. The van der Waals surface area contributed by atoms with E-state index in [9.17, 15) is 0 Å². The fraction of sp³-hybridized carbons (Fsp3) is 1.00. The summed E-state index contributed by atoms with van der Waals surface area (Å²) in [6, 6.07) is 0.610. The summed E-state index contributed by atoms with van der Waals surface area (Å²) in [5, 5.41) is 0. The van der Waals surface area contributed by atoms with Gasteiger partial charge in [0.25, 0.3) is 0 Å². The quantitative estimate of drug-likeness (QED) is 0.799. The van der Waals surface area contributed by atoms with Gasteiger partial charge < -0.3 is 5.73 Å². The maximum absolute atomic E-state index is 6.03. The van der Waals surface area contributed by atoms with E-state index in [2.05, 4.69) is 32.6 Å². The predicted molar refractivity (Wildman–Crippen MR) is 76.1 cm³/mol. The maximum atomic E-state index is 6.03. The van der Waals surface area contributed by atoms with Crippen LogP contribution in [0.2, 0.25) is 0 Å². The van der Waals surface area contributed by atoms with Gasteiger partial charge >= 0.3 is 0 Å². The number of hydrogen-bond acceptors (Lipinski definition) is 2. The Kier molecular flexibility index (Phi) is 5.94. The van der Waals surface area contributed by atoms with E-state index < -0.39 is 0 Å². The van der Waals surface area contributed by atoms with Crippen molar-refractivity contribution in [2.45, 2.75) is 65.8 Å². The molecule has 0 radical (unpaired) electrons. The molecule has 0 aromatic rings. The zero-order valence-electron chi connectivity index (χ0n) is 12.3. The van der Waals surface area contributed by atoms with E-state index in [4.69, 9.17) is 5.73 Å². The summed E-state index contributed by atoms with van der Waals surface area (Å²) >= 11 is 0. The summed E-state index contributed by atoms with van der Waals surface area (Å²) in [5.41, 5.74) is 6.56. The number of nitrogens with zero attached hydrogens (tertiary/aromatic N) is 1. The van der Waals surface area contributed by atoms with Gasteiger partial charge in [-0.15, -0.1) is 0 Å². The summed E-state index contributed by atoms with van der Waals surface area (Å²) in [6.07, 6.45) is 6.55. The smallest absolute Gasteiger partial charge is 0.0246 e. The Morgan fingerprint density at radius 3 is 2.29 bits per heavy atom. The Balaban J connectivity index is 2.63. The van der Waals surface area contributed by atoms with Crippen molar-refractivity contribution in [3.05, 3.63) is 0 Å². The normalized spacial score (nSPS) is 23.6. The first-order chi connectivity index (χ1) is 8.04. The van der Waals surface area contributed by atoms with Crippen LogP contribution in [0.4, 0.5) is 0 Å². The highest BCUT2D eigenvalue weighted by molar-refractivity contribution is 4.84.